The summed E-state index contributed by atoms with van der Waals surface area (Å²) in [6.45, 7) is 18.6. The van der Waals surface area contributed by atoms with Crippen LogP contribution in [0.25, 0.3) is 167 Å². The third kappa shape index (κ3) is 16.9. The summed E-state index contributed by atoms with van der Waals surface area (Å²) >= 11 is 3.39. The molecular formula is C105H85B2BrN4O10. The van der Waals surface area contributed by atoms with E-state index in [1.807, 2.05) is 206 Å². The number of rotatable bonds is 9. The first kappa shape index (κ1) is 79.6. The molecule has 2 saturated heterocycles. The highest BCUT2D eigenvalue weighted by molar-refractivity contribution is 9.10. The molecule has 2 aliphatic rings. The number of aromatic nitrogens is 4. The molecule has 6 heterocycles. The number of phenols is 2. The number of fused-ring (bicyclic) bond motifs is 8. The Labute approximate surface area is 715 Å². The van der Waals surface area contributed by atoms with Gasteiger partial charge in [-0.15, -0.1) is 0 Å². The second-order valence-corrected chi connectivity index (χ2v) is 33.7. The van der Waals surface area contributed by atoms with E-state index in [1.54, 1.807) is 24.3 Å². The maximum atomic E-state index is 9.61. The second kappa shape index (κ2) is 32.9. The Morgan fingerprint density at radius 1 is 0.246 bits per heavy atom. The van der Waals surface area contributed by atoms with Gasteiger partial charge in [-0.05, 0) is 301 Å². The Bertz CT molecular complexity index is 6980. The zero-order chi connectivity index (χ0) is 84.0. The number of hydrogen-bond donors (Lipinski definition) is 2. The molecule has 17 heteroatoms. The van der Waals surface area contributed by atoms with E-state index in [0.717, 1.165) is 137 Å². The van der Waals surface area contributed by atoms with Crippen LogP contribution in [0.2, 0.25) is 0 Å². The van der Waals surface area contributed by atoms with Gasteiger partial charge in [-0.25, -0.2) is 19.9 Å². The lowest BCUT2D eigenvalue weighted by atomic mass is 9.78. The first-order valence-corrected chi connectivity index (χ1v) is 41.4. The molecule has 0 unspecified atom stereocenters. The molecule has 20 aromatic rings. The first-order valence-electron chi connectivity index (χ1n) is 40.6. The average Bonchev–Trinajstić information content (AvgIpc) is 1.62. The van der Waals surface area contributed by atoms with E-state index in [1.165, 1.54) is 27.3 Å². The van der Waals surface area contributed by atoms with Crippen LogP contribution in [0.5, 0.6) is 11.5 Å². The van der Waals surface area contributed by atoms with E-state index < -0.39 is 7.12 Å². The Kier molecular flexibility index (Phi) is 21.5. The fourth-order valence-electron chi connectivity index (χ4n) is 14.9. The van der Waals surface area contributed by atoms with Crippen molar-refractivity contribution in [3.05, 3.63) is 350 Å². The van der Waals surface area contributed by atoms with E-state index >= 15 is 0 Å². The zero-order valence-electron chi connectivity index (χ0n) is 68.8. The minimum absolute atomic E-state index is 0.280. The molecule has 22 rings (SSSR count). The average molecular weight is 1660 g/mol. The summed E-state index contributed by atoms with van der Waals surface area (Å²) in [4.78, 5) is 18.6. The molecule has 0 radical (unpaired) electrons. The van der Waals surface area contributed by atoms with Crippen molar-refractivity contribution in [1.29, 1.82) is 0 Å². The minimum Gasteiger partial charge on any atom is -0.508 e. The molecule has 0 aliphatic carbocycles. The van der Waals surface area contributed by atoms with Crippen LogP contribution >= 0.6 is 15.9 Å². The number of phenolic OH excluding ortho intramolecular Hbond substituents is 2. The van der Waals surface area contributed by atoms with Crippen molar-refractivity contribution >= 4 is 129 Å². The normalized spacial score (nSPS) is 14.3. The monoisotopic (exact) mass is 1660 g/mol. The molecule has 0 spiro atoms. The van der Waals surface area contributed by atoms with Gasteiger partial charge in [-0.3, -0.25) is 0 Å². The molecule has 16 aromatic carbocycles. The predicted octanol–water partition coefficient (Wildman–Crippen LogP) is 26.4. The van der Waals surface area contributed by atoms with E-state index in [0.29, 0.717) is 29.3 Å². The van der Waals surface area contributed by atoms with Crippen LogP contribution < -0.4 is 10.9 Å². The molecule has 4 aromatic heterocycles. The Hall–Kier alpha value is -13.5. The van der Waals surface area contributed by atoms with Gasteiger partial charge in [-0.1, -0.05) is 210 Å². The molecule has 0 atom stereocenters. The SMILES string of the molecule is CC1(C)OB(c2ccc3cc(-c4ccc5oc(-c6ccccc6)nc5c4)ccc3c2)OC1(C)C.CC1(C)OB(c2ccc3oc(-c4ccccc4)nc3c2)OC1(C)C.Cc1ccc2cc(-c3ccc4oc(-c5ccccc5)nc4c3)ccc2c1.Oc1ccc2cc(-c3ccc4oc(-c5ccccc5)nc4c3)ccc2c1.Oc1ccc2cc(Br)ccc2c1. The number of nitrogens with zero attached hydrogens (tertiary/aromatic N) is 4. The van der Waals surface area contributed by atoms with Crippen LogP contribution in [-0.2, 0) is 18.6 Å². The van der Waals surface area contributed by atoms with Crippen molar-refractivity contribution in [2.75, 3.05) is 0 Å². The van der Waals surface area contributed by atoms with Gasteiger partial charge in [-0.2, -0.15) is 0 Å². The highest BCUT2D eigenvalue weighted by Crippen LogP contribution is 2.41. The van der Waals surface area contributed by atoms with E-state index in [2.05, 4.69) is 202 Å². The summed E-state index contributed by atoms with van der Waals surface area (Å²) in [6.07, 6.45) is 0. The van der Waals surface area contributed by atoms with Crippen molar-refractivity contribution in [3.8, 4) is 90.7 Å². The molecule has 2 fully saturated rings. The van der Waals surface area contributed by atoms with Crippen LogP contribution in [-0.4, -0.2) is 66.8 Å². The van der Waals surface area contributed by atoms with Crippen LogP contribution in [0.15, 0.2) is 362 Å². The third-order valence-corrected chi connectivity index (χ3v) is 23.7. The lowest BCUT2D eigenvalue weighted by Crippen LogP contribution is -2.41. The second-order valence-electron chi connectivity index (χ2n) is 32.8. The summed E-state index contributed by atoms with van der Waals surface area (Å²) in [5.74, 6) is 3.14. The molecule has 0 amide bonds. The summed E-state index contributed by atoms with van der Waals surface area (Å²) < 4.78 is 49.4. The van der Waals surface area contributed by atoms with Crippen molar-refractivity contribution in [3.63, 3.8) is 0 Å². The number of oxazole rings is 4. The van der Waals surface area contributed by atoms with E-state index in [-0.39, 0.29) is 35.3 Å². The molecule has 0 saturated carbocycles. The van der Waals surface area contributed by atoms with Crippen molar-refractivity contribution in [1.82, 2.24) is 19.9 Å². The maximum Gasteiger partial charge on any atom is 0.494 e. The molecule has 2 N–H and O–H groups in total. The third-order valence-electron chi connectivity index (χ3n) is 23.2. The Balaban J connectivity index is 0.000000107. The smallest absolute Gasteiger partial charge is 0.494 e. The largest absolute Gasteiger partial charge is 0.508 e. The van der Waals surface area contributed by atoms with Gasteiger partial charge in [0.05, 0.1) is 22.4 Å². The molecule has 2 aliphatic heterocycles. The Morgan fingerprint density at radius 2 is 0.508 bits per heavy atom. The van der Waals surface area contributed by atoms with Crippen LogP contribution in [0.1, 0.15) is 61.0 Å². The van der Waals surface area contributed by atoms with E-state index in [9.17, 15) is 10.2 Å². The van der Waals surface area contributed by atoms with Gasteiger partial charge in [0.2, 0.25) is 23.6 Å². The van der Waals surface area contributed by atoms with Crippen LogP contribution in [0.4, 0.5) is 0 Å². The molecule has 122 heavy (non-hydrogen) atoms. The number of halogens is 1. The van der Waals surface area contributed by atoms with Crippen molar-refractivity contribution in [2.45, 2.75) is 84.7 Å². The number of aromatic hydroxyl groups is 2. The van der Waals surface area contributed by atoms with Gasteiger partial charge in [0.25, 0.3) is 0 Å². The first-order chi connectivity index (χ1) is 58.9. The topological polar surface area (TPSA) is 181 Å². The summed E-state index contributed by atoms with van der Waals surface area (Å²) in [5, 5.41) is 27.9. The highest BCUT2D eigenvalue weighted by atomic mass is 79.9. The highest BCUT2D eigenvalue weighted by Gasteiger charge is 2.53. The standard InChI is InChI=1S/C29H26BNO3.C24H17NO.C23H15NO2.C19H20BNO3.C10H7BrO/c1-28(2)29(3,4)34-30(33-28)24-14-12-21-16-20(10-11-22(21)17-24)23-13-15-26-25(18-23)31-27(32-26)19-8-6-5-7-9-19;1-16-7-8-19-14-20(10-9-18(19)13-16)21-11-12-23-22(15-21)25-24(26-23)17-5-3-2-4-6-17;25-20-10-8-17-12-16(6-7-18(17)13-20)19-9-11-22-21(14-19)24-23(26-22)15-4-2-1-3-5-15;1-18(2)19(3,4)24-20(23-18)14-10-11-16-15(12-14)21-17(22-16)13-8-6-5-7-9-13;11-9-3-1-8-6-10(12)4-2-7(8)5-9/h5-18H,1-4H3;2-15H,1H3;1-14,25H;5-12H,1-4H3;1-6,12H. The fourth-order valence-corrected chi connectivity index (χ4v) is 15.3. The summed E-state index contributed by atoms with van der Waals surface area (Å²) in [7, 11) is -0.751. The summed E-state index contributed by atoms with van der Waals surface area (Å²) in [5.41, 5.74) is 19.0. The van der Waals surface area contributed by atoms with Gasteiger partial charge < -0.3 is 46.5 Å². The molecule has 0 bridgehead atoms. The van der Waals surface area contributed by atoms with Crippen molar-refractivity contribution in [2.24, 2.45) is 0 Å². The fraction of sp³-hybridized carbons (Fsp3) is 0.124. The van der Waals surface area contributed by atoms with Crippen LogP contribution in [0, 0.1) is 6.92 Å². The quantitative estimate of drug-likeness (QED) is 0.130. The number of benzene rings is 16. The number of hydrogen-bond acceptors (Lipinski definition) is 14. The van der Waals surface area contributed by atoms with E-state index in [4.69, 9.17) is 41.3 Å². The lowest BCUT2D eigenvalue weighted by Gasteiger charge is -2.32. The molecule has 14 nitrogen and oxygen atoms in total. The zero-order valence-corrected chi connectivity index (χ0v) is 70.4. The Morgan fingerprint density at radius 3 is 0.885 bits per heavy atom. The minimum atomic E-state index is -0.392. The van der Waals surface area contributed by atoms with Gasteiger partial charge in [0.1, 0.15) is 33.6 Å². The molecular weight excluding hydrogens is 1580 g/mol. The van der Waals surface area contributed by atoms with Gasteiger partial charge in [0, 0.05) is 26.7 Å². The summed E-state index contributed by atoms with van der Waals surface area (Å²) in [6, 6.07) is 113. The van der Waals surface area contributed by atoms with Gasteiger partial charge >= 0.3 is 14.2 Å². The van der Waals surface area contributed by atoms with Crippen molar-refractivity contribution < 1.29 is 46.5 Å². The van der Waals surface area contributed by atoms with Crippen LogP contribution in [0.3, 0.4) is 0 Å². The van der Waals surface area contributed by atoms with Gasteiger partial charge in [0.15, 0.2) is 22.3 Å². The molecule has 598 valence electrons. The maximum absolute atomic E-state index is 9.61. The predicted molar refractivity (Wildman–Crippen MR) is 498 cm³/mol. The number of aryl methyl sites for hydroxylation is 1. The lowest BCUT2D eigenvalue weighted by molar-refractivity contribution is 0.00578.